The summed E-state index contributed by atoms with van der Waals surface area (Å²) in [6.45, 7) is 1.66. The van der Waals surface area contributed by atoms with Gasteiger partial charge in [-0.3, -0.25) is 0 Å². The van der Waals surface area contributed by atoms with Crippen molar-refractivity contribution in [1.29, 1.82) is 0 Å². The first-order valence-corrected chi connectivity index (χ1v) is 14.5. The fourth-order valence-electron chi connectivity index (χ4n) is 3.74. The van der Waals surface area contributed by atoms with Crippen molar-refractivity contribution in [3.8, 4) is 11.5 Å². The van der Waals surface area contributed by atoms with Gasteiger partial charge >= 0.3 is 0 Å². The van der Waals surface area contributed by atoms with E-state index in [1.54, 1.807) is 31.2 Å². The average molecular weight is 597 g/mol. The zero-order chi connectivity index (χ0) is 29.2. The van der Waals surface area contributed by atoms with E-state index in [0.29, 0.717) is 37.8 Å². The first kappa shape index (κ1) is 28.9. The van der Waals surface area contributed by atoms with E-state index in [9.17, 15) is 36.2 Å². The monoisotopic (exact) mass is 596 g/mol. The summed E-state index contributed by atoms with van der Waals surface area (Å²) in [5, 5.41) is 33.9. The smallest absolute Gasteiger partial charge is 0.124 e. The number of benzene rings is 5. The summed E-state index contributed by atoms with van der Waals surface area (Å²) in [6, 6.07) is 19.8. The Labute approximate surface area is 234 Å². The Balaban J connectivity index is 0.000000201. The molecule has 0 unspecified atom stereocenters. The second-order valence-electron chi connectivity index (χ2n) is 8.45. The minimum absolute atomic E-state index is 0.0669. The molecule has 0 aliphatic carbocycles. The lowest BCUT2D eigenvalue weighted by Crippen LogP contribution is -1.99. The predicted octanol–water partition coefficient (Wildman–Crippen LogP) is 5.01. The van der Waals surface area contributed by atoms with Gasteiger partial charge in [0.2, 0.25) is 0 Å². The van der Waals surface area contributed by atoms with Crippen molar-refractivity contribution in [2.24, 2.45) is 10.2 Å². The van der Waals surface area contributed by atoms with Crippen molar-refractivity contribution < 1.29 is 36.2 Å². The van der Waals surface area contributed by atoms with E-state index in [1.165, 1.54) is 54.6 Å². The van der Waals surface area contributed by atoms with Crippen LogP contribution in [0.3, 0.4) is 0 Å². The van der Waals surface area contributed by atoms with Crippen LogP contribution in [0.2, 0.25) is 5.02 Å². The topological polar surface area (TPSA) is 185 Å². The summed E-state index contributed by atoms with van der Waals surface area (Å²) < 4.78 is 65.7. The number of azo groups is 1. The van der Waals surface area contributed by atoms with Gasteiger partial charge in [-0.25, -0.2) is 16.8 Å². The largest absolute Gasteiger partial charge is 0.872 e. The molecule has 0 N–H and O–H groups in total. The van der Waals surface area contributed by atoms with Crippen molar-refractivity contribution in [3.05, 3.63) is 95.5 Å². The molecule has 0 heterocycles. The van der Waals surface area contributed by atoms with Crippen molar-refractivity contribution in [2.45, 2.75) is 16.7 Å². The Hall–Kier alpha value is -4.07. The van der Waals surface area contributed by atoms with Crippen molar-refractivity contribution >= 4 is 64.8 Å². The van der Waals surface area contributed by atoms with E-state index in [1.807, 2.05) is 0 Å². The van der Waals surface area contributed by atoms with Crippen LogP contribution in [0.1, 0.15) is 5.56 Å². The Kier molecular flexibility index (Phi) is 8.10. The van der Waals surface area contributed by atoms with Gasteiger partial charge in [-0.05, 0) is 71.6 Å². The second kappa shape index (κ2) is 11.2. The summed E-state index contributed by atoms with van der Waals surface area (Å²) in [4.78, 5) is -0.646. The second-order valence-corrected chi connectivity index (χ2v) is 11.6. The summed E-state index contributed by atoms with van der Waals surface area (Å²) in [5.41, 5.74) is 1.12. The van der Waals surface area contributed by atoms with Crippen LogP contribution in [0.4, 0.5) is 11.4 Å². The number of aryl methyl sites for hydroxylation is 1. The van der Waals surface area contributed by atoms with Crippen LogP contribution in [0.5, 0.6) is 11.5 Å². The molecular weight excluding hydrogens is 580 g/mol. The number of hydrogen-bond donors (Lipinski definition) is 0. The molecule has 5 rings (SSSR count). The maximum absolute atomic E-state index is 12.0. The Bertz CT molecular complexity index is 1990. The molecule has 0 aliphatic heterocycles. The molecule has 40 heavy (non-hydrogen) atoms. The third-order valence-electron chi connectivity index (χ3n) is 5.81. The molecule has 0 atom stereocenters. The molecule has 5 aromatic rings. The Morgan fingerprint density at radius 1 is 0.625 bits per heavy atom. The summed E-state index contributed by atoms with van der Waals surface area (Å²) >= 11 is 5.79. The predicted molar refractivity (Wildman–Crippen MR) is 143 cm³/mol. The molecule has 5 aromatic carbocycles. The third kappa shape index (κ3) is 6.55. The summed E-state index contributed by atoms with van der Waals surface area (Å²) in [7, 11) is -9.02. The van der Waals surface area contributed by atoms with Gasteiger partial charge in [0.1, 0.15) is 20.2 Å². The highest BCUT2D eigenvalue weighted by Crippen LogP contribution is 2.35. The zero-order valence-corrected chi connectivity index (χ0v) is 22.8. The maximum atomic E-state index is 12.0. The fraction of sp³-hybridized carbons (Fsp3) is 0.0370. The van der Waals surface area contributed by atoms with Crippen LogP contribution >= 0.6 is 11.6 Å². The van der Waals surface area contributed by atoms with Gasteiger partial charge < -0.3 is 19.3 Å². The number of hydrogen-bond acceptors (Lipinski definition) is 10. The third-order valence-corrected chi connectivity index (χ3v) is 7.72. The van der Waals surface area contributed by atoms with Gasteiger partial charge in [-0.15, -0.1) is 5.75 Å². The minimum Gasteiger partial charge on any atom is -0.872 e. The van der Waals surface area contributed by atoms with Gasteiger partial charge in [-0.2, -0.15) is 10.2 Å². The van der Waals surface area contributed by atoms with E-state index < -0.39 is 20.2 Å². The molecule has 10 nitrogen and oxygen atoms in total. The first-order valence-electron chi connectivity index (χ1n) is 11.3. The van der Waals surface area contributed by atoms with Gasteiger partial charge in [0.25, 0.3) is 0 Å². The maximum Gasteiger partial charge on any atom is 0.124 e. The highest BCUT2D eigenvalue weighted by Gasteiger charge is 2.07. The van der Waals surface area contributed by atoms with Crippen LogP contribution in [-0.2, 0) is 20.2 Å². The number of nitrogens with zero attached hydrogens (tertiary/aromatic N) is 2. The van der Waals surface area contributed by atoms with E-state index in [0.717, 1.165) is 6.07 Å². The van der Waals surface area contributed by atoms with Crippen LogP contribution in [0.15, 0.2) is 105 Å². The average Bonchev–Trinajstić information content (AvgIpc) is 2.90. The molecule has 0 aromatic heterocycles. The standard InChI is InChI=1S/C16H11ClN2O4S.C11H10O4S/c17-11-2-4-12(5-3-11)18-19-16-14-7-6-13(24(21,22)23)9-10(14)1-8-15(16)20;1-7-10-4-3-9(16(13,14)15)6-8(10)2-5-11(7)12/h1-9,20H,(H,21,22,23);2-6,12H,1H3,(H,13,14,15)/p-4. The SMILES string of the molecule is Cc1c([O-])ccc2cc(S(=O)(=O)[O-])ccc12.O=S(=O)([O-])c1ccc2c(N=Nc3ccc(Cl)cc3)c([O-])ccc2c1. The van der Waals surface area contributed by atoms with Gasteiger partial charge in [0.15, 0.2) is 0 Å². The van der Waals surface area contributed by atoms with Crippen molar-refractivity contribution in [2.75, 3.05) is 0 Å². The molecule has 0 spiro atoms. The van der Waals surface area contributed by atoms with Crippen LogP contribution in [0.25, 0.3) is 21.5 Å². The van der Waals surface area contributed by atoms with Crippen LogP contribution in [-0.4, -0.2) is 25.9 Å². The molecule has 0 radical (unpaired) electrons. The quantitative estimate of drug-likeness (QED) is 0.204. The molecule has 13 heteroatoms. The van der Waals surface area contributed by atoms with Crippen molar-refractivity contribution in [3.63, 3.8) is 0 Å². The number of fused-ring (bicyclic) bond motifs is 2. The van der Waals surface area contributed by atoms with Gasteiger partial charge in [-0.1, -0.05) is 59.3 Å². The van der Waals surface area contributed by atoms with E-state index in [2.05, 4.69) is 10.2 Å². The van der Waals surface area contributed by atoms with E-state index in [-0.39, 0.29) is 27.0 Å². The molecule has 0 aliphatic rings. The molecular formula is C27H17ClN2O8S2-4. The van der Waals surface area contributed by atoms with Crippen LogP contribution in [0, 0.1) is 6.92 Å². The van der Waals surface area contributed by atoms with E-state index >= 15 is 0 Å². The van der Waals surface area contributed by atoms with Crippen LogP contribution < -0.4 is 10.2 Å². The number of halogens is 1. The molecule has 0 amide bonds. The summed E-state index contributed by atoms with van der Waals surface area (Å²) in [5.74, 6) is -0.469. The molecule has 0 saturated heterocycles. The molecule has 206 valence electrons. The van der Waals surface area contributed by atoms with Gasteiger partial charge in [0.05, 0.1) is 21.2 Å². The molecule has 0 fully saturated rings. The lowest BCUT2D eigenvalue weighted by Gasteiger charge is -2.14. The summed E-state index contributed by atoms with van der Waals surface area (Å²) in [6.07, 6.45) is 0. The molecule has 0 saturated carbocycles. The fourth-order valence-corrected chi connectivity index (χ4v) is 4.88. The number of rotatable bonds is 4. The Morgan fingerprint density at radius 2 is 1.12 bits per heavy atom. The highest BCUT2D eigenvalue weighted by atomic mass is 35.5. The Morgan fingerprint density at radius 3 is 1.68 bits per heavy atom. The van der Waals surface area contributed by atoms with E-state index in [4.69, 9.17) is 11.6 Å². The molecule has 0 bridgehead atoms. The minimum atomic E-state index is -4.57. The lowest BCUT2D eigenvalue weighted by atomic mass is 10.1. The lowest BCUT2D eigenvalue weighted by molar-refractivity contribution is -0.269. The van der Waals surface area contributed by atoms with Gasteiger partial charge in [0, 0.05) is 10.4 Å². The zero-order valence-electron chi connectivity index (χ0n) is 20.4. The first-order chi connectivity index (χ1) is 18.7. The highest BCUT2D eigenvalue weighted by molar-refractivity contribution is 7.86. The normalized spacial score (nSPS) is 12.0. The van der Waals surface area contributed by atoms with Crippen molar-refractivity contribution in [1.82, 2.24) is 0 Å².